The molecule has 3 aliphatic rings. The summed E-state index contributed by atoms with van der Waals surface area (Å²) >= 11 is 0. The van der Waals surface area contributed by atoms with E-state index in [1.54, 1.807) is 0 Å². The van der Waals surface area contributed by atoms with Crippen LogP contribution >= 0.6 is 0 Å². The van der Waals surface area contributed by atoms with Crippen LogP contribution in [-0.4, -0.2) is 6.71 Å². The van der Waals surface area contributed by atoms with Gasteiger partial charge in [0.05, 0.1) is 5.69 Å². The van der Waals surface area contributed by atoms with Crippen molar-refractivity contribution in [3.63, 3.8) is 0 Å². The third-order valence-corrected chi connectivity index (χ3v) is 18.5. The van der Waals surface area contributed by atoms with Crippen molar-refractivity contribution in [3.05, 3.63) is 208 Å². The smallest absolute Gasteiger partial charge is 0.252 e. The fourth-order valence-corrected chi connectivity index (χ4v) is 13.0. The van der Waals surface area contributed by atoms with Crippen molar-refractivity contribution in [3.8, 4) is 22.3 Å². The van der Waals surface area contributed by atoms with Crippen molar-refractivity contribution in [2.45, 2.75) is 175 Å². The number of anilines is 6. The van der Waals surface area contributed by atoms with Gasteiger partial charge in [-0.3, -0.25) is 0 Å². The predicted molar refractivity (Wildman–Crippen MR) is 340 cm³/mol. The third-order valence-electron chi connectivity index (χ3n) is 18.5. The Hall–Kier alpha value is -6.58. The molecule has 11 rings (SSSR count). The topological polar surface area (TPSA) is 6.48 Å². The molecule has 0 atom stereocenters. The van der Waals surface area contributed by atoms with Crippen LogP contribution in [0.25, 0.3) is 22.3 Å². The van der Waals surface area contributed by atoms with Gasteiger partial charge in [-0.2, -0.15) is 0 Å². The predicted octanol–water partition coefficient (Wildman–Crippen LogP) is 19.0. The summed E-state index contributed by atoms with van der Waals surface area (Å²) < 4.78 is 0. The maximum Gasteiger partial charge on any atom is 0.252 e. The van der Waals surface area contributed by atoms with Gasteiger partial charge in [0.2, 0.25) is 0 Å². The number of nitrogens with zero attached hydrogens (tertiary/aromatic N) is 2. The largest absolute Gasteiger partial charge is 0.311 e. The van der Waals surface area contributed by atoms with Crippen LogP contribution < -0.4 is 26.2 Å². The first-order valence-electron chi connectivity index (χ1n) is 29.1. The molecule has 8 aromatic rings. The minimum absolute atomic E-state index is 0.00134. The zero-order chi connectivity index (χ0) is 55.9. The molecule has 78 heavy (non-hydrogen) atoms. The lowest BCUT2D eigenvalue weighted by Crippen LogP contribution is -2.62. The summed E-state index contributed by atoms with van der Waals surface area (Å²) in [6.45, 7) is 42.8. The summed E-state index contributed by atoms with van der Waals surface area (Å²) in [6.07, 6.45) is 2.30. The molecule has 2 heterocycles. The normalized spacial score (nSPS) is 15.8. The molecule has 8 aromatic carbocycles. The lowest BCUT2D eigenvalue weighted by molar-refractivity contribution is 0.332. The Balaban J connectivity index is 1.24. The zero-order valence-corrected chi connectivity index (χ0v) is 50.5. The highest BCUT2D eigenvalue weighted by Crippen LogP contribution is 2.53. The molecular weight excluding hydrogens is 940 g/mol. The van der Waals surface area contributed by atoms with Crippen molar-refractivity contribution in [2.75, 3.05) is 9.80 Å². The number of rotatable bonds is 6. The lowest BCUT2D eigenvalue weighted by Gasteiger charge is -2.48. The van der Waals surface area contributed by atoms with Crippen molar-refractivity contribution in [1.82, 2.24) is 0 Å². The first kappa shape index (κ1) is 53.4. The quantitative estimate of drug-likeness (QED) is 0.153. The lowest BCUT2D eigenvalue weighted by atomic mass is 9.33. The number of hydrogen-bond acceptors (Lipinski definition) is 2. The van der Waals surface area contributed by atoms with Crippen molar-refractivity contribution < 1.29 is 0 Å². The Morgan fingerprint density at radius 1 is 0.346 bits per heavy atom. The van der Waals surface area contributed by atoms with E-state index in [2.05, 4.69) is 298 Å². The van der Waals surface area contributed by atoms with Crippen LogP contribution in [0.1, 0.15) is 182 Å². The second-order valence-corrected chi connectivity index (χ2v) is 29.5. The number of fused-ring (bicyclic) bond motifs is 5. The summed E-state index contributed by atoms with van der Waals surface area (Å²) in [4.78, 5) is 5.38. The molecule has 0 radical (unpaired) electrons. The highest BCUT2D eigenvalue weighted by atomic mass is 15.2. The van der Waals surface area contributed by atoms with E-state index in [4.69, 9.17) is 0 Å². The van der Waals surface area contributed by atoms with Gasteiger partial charge in [-0.15, -0.1) is 0 Å². The Labute approximate surface area is 470 Å². The van der Waals surface area contributed by atoms with Crippen LogP contribution in [0.4, 0.5) is 34.1 Å². The Morgan fingerprint density at radius 3 is 1.41 bits per heavy atom. The summed E-state index contributed by atoms with van der Waals surface area (Å²) in [6, 6.07) is 64.5. The molecule has 0 saturated carbocycles. The first-order valence-corrected chi connectivity index (χ1v) is 29.1. The van der Waals surface area contributed by atoms with Gasteiger partial charge in [0.15, 0.2) is 0 Å². The van der Waals surface area contributed by atoms with Gasteiger partial charge in [-0.25, -0.2) is 0 Å². The van der Waals surface area contributed by atoms with E-state index >= 15 is 0 Å². The second kappa shape index (κ2) is 18.2. The van der Waals surface area contributed by atoms with Gasteiger partial charge in [-0.05, 0) is 171 Å². The molecule has 0 fully saturated rings. The zero-order valence-electron chi connectivity index (χ0n) is 50.5. The van der Waals surface area contributed by atoms with Gasteiger partial charge in [0.1, 0.15) is 0 Å². The fourth-order valence-electron chi connectivity index (χ4n) is 13.0. The van der Waals surface area contributed by atoms with Crippen LogP contribution in [0.15, 0.2) is 164 Å². The van der Waals surface area contributed by atoms with E-state index in [0.29, 0.717) is 0 Å². The van der Waals surface area contributed by atoms with Gasteiger partial charge < -0.3 is 9.80 Å². The minimum Gasteiger partial charge on any atom is -0.311 e. The summed E-state index contributed by atoms with van der Waals surface area (Å²) in [7, 11) is 0. The van der Waals surface area contributed by atoms with E-state index in [1.807, 2.05) is 0 Å². The van der Waals surface area contributed by atoms with Crippen LogP contribution in [0.5, 0.6) is 0 Å². The Morgan fingerprint density at radius 2 is 0.821 bits per heavy atom. The molecule has 398 valence electrons. The first-order chi connectivity index (χ1) is 36.4. The van der Waals surface area contributed by atoms with Gasteiger partial charge in [-0.1, -0.05) is 240 Å². The van der Waals surface area contributed by atoms with Crippen molar-refractivity contribution >= 4 is 57.2 Å². The number of hydrogen-bond donors (Lipinski definition) is 0. The Kier molecular flexibility index (Phi) is 12.5. The van der Waals surface area contributed by atoms with Gasteiger partial charge in [0.25, 0.3) is 6.71 Å². The van der Waals surface area contributed by atoms with E-state index in [0.717, 1.165) is 12.8 Å². The average molecular weight is 1030 g/mol. The van der Waals surface area contributed by atoms with Crippen molar-refractivity contribution in [1.29, 1.82) is 0 Å². The fraction of sp³-hybridized carbons (Fsp3) is 0.360. The van der Waals surface area contributed by atoms with Gasteiger partial charge >= 0.3 is 0 Å². The highest BCUT2D eigenvalue weighted by Gasteiger charge is 2.48. The second-order valence-electron chi connectivity index (χ2n) is 29.5. The van der Waals surface area contributed by atoms with E-state index in [9.17, 15) is 0 Å². The standard InChI is InChI=1S/C75H85BN2/c1-69(2,3)51-33-31-49(32-34-51)48-27-29-50(30-28-48)58-42-54(71(7,8)9)36-38-63(58)78-65-47-60-59(73(13,14)39-40-74(60,15)16)46-62(65)76-61-37-35-55(75(17,18)52-23-20-19-21-24-52)43-64(61)77(57-26-22-25-53(41-57)70(4,5)6)66-44-56(72(10,11)12)45-67(78)68(66)76/h19-38,41-47H,39-40H2,1-18H3. The summed E-state index contributed by atoms with van der Waals surface area (Å²) in [5.74, 6) is 0. The Bertz CT molecular complexity index is 3620. The molecule has 1 aliphatic carbocycles. The molecule has 3 heteroatoms. The molecule has 0 N–H and O–H groups in total. The number of benzene rings is 8. The molecule has 2 aliphatic heterocycles. The van der Waals surface area contributed by atoms with E-state index in [1.165, 1.54) is 117 Å². The molecular formula is C75H85BN2. The molecule has 2 nitrogen and oxygen atoms in total. The molecule has 0 unspecified atom stereocenters. The summed E-state index contributed by atoms with van der Waals surface area (Å²) in [5, 5.41) is 0. The minimum atomic E-state index is -0.241. The van der Waals surface area contributed by atoms with Crippen LogP contribution in [-0.2, 0) is 37.9 Å². The summed E-state index contributed by atoms with van der Waals surface area (Å²) in [5.41, 5.74) is 27.0. The third kappa shape index (κ3) is 9.16. The maximum absolute atomic E-state index is 2.72. The van der Waals surface area contributed by atoms with E-state index in [-0.39, 0.29) is 44.6 Å². The molecule has 0 bridgehead atoms. The van der Waals surface area contributed by atoms with Crippen LogP contribution in [0.3, 0.4) is 0 Å². The van der Waals surface area contributed by atoms with E-state index < -0.39 is 0 Å². The highest BCUT2D eigenvalue weighted by molar-refractivity contribution is 7.00. The molecule has 0 amide bonds. The van der Waals surface area contributed by atoms with Crippen molar-refractivity contribution in [2.24, 2.45) is 0 Å². The van der Waals surface area contributed by atoms with Crippen LogP contribution in [0.2, 0.25) is 0 Å². The maximum atomic E-state index is 2.72. The average Bonchev–Trinajstić information content (AvgIpc) is 3.19. The molecule has 0 aromatic heterocycles. The van der Waals surface area contributed by atoms with Gasteiger partial charge in [0, 0.05) is 39.4 Å². The molecule has 0 spiro atoms. The monoisotopic (exact) mass is 1020 g/mol. The SMILES string of the molecule is CC(C)(C)c1ccc(-c2ccc(-c3cc(C(C)(C)C)ccc3N3c4cc5c(cc4B4c6ccc(C(C)(C)c7ccccc7)cc6N(c6cccc(C(C)(C)C)c6)c6cc(C(C)(C)C)cc3c64)C(C)(C)CCC5(C)C)cc2)cc1. The van der Waals surface area contributed by atoms with Crippen LogP contribution in [0, 0.1) is 0 Å². The molecule has 0 saturated heterocycles.